The number of hydrogen-bond acceptors (Lipinski definition) is 3. The van der Waals surface area contributed by atoms with Crippen LogP contribution in [-0.4, -0.2) is 30.6 Å². The second-order valence-electron chi connectivity index (χ2n) is 5.08. The van der Waals surface area contributed by atoms with Crippen LogP contribution in [0.25, 0.3) is 0 Å². The number of rotatable bonds is 2. The van der Waals surface area contributed by atoms with Crippen LogP contribution < -0.4 is 5.32 Å². The highest BCUT2D eigenvalue weighted by Gasteiger charge is 2.33. The van der Waals surface area contributed by atoms with Crippen molar-refractivity contribution in [1.82, 2.24) is 4.90 Å². The molecule has 1 N–H and O–H groups in total. The van der Waals surface area contributed by atoms with Gasteiger partial charge in [-0.1, -0.05) is 6.07 Å². The van der Waals surface area contributed by atoms with Crippen LogP contribution in [0.5, 0.6) is 0 Å². The van der Waals surface area contributed by atoms with Crippen LogP contribution in [0, 0.1) is 17.2 Å². The average molecular weight is 227 g/mol. The Kier molecular flexibility index (Phi) is 2.74. The van der Waals surface area contributed by atoms with E-state index in [1.165, 1.54) is 32.5 Å². The molecule has 2 aliphatic heterocycles. The van der Waals surface area contributed by atoms with Gasteiger partial charge in [-0.15, -0.1) is 0 Å². The molecule has 0 radical (unpaired) electrons. The number of nitriles is 1. The zero-order chi connectivity index (χ0) is 11.7. The second-order valence-corrected chi connectivity index (χ2v) is 5.08. The summed E-state index contributed by atoms with van der Waals surface area (Å²) in [7, 11) is 0. The van der Waals surface area contributed by atoms with Crippen LogP contribution in [0.3, 0.4) is 0 Å². The highest BCUT2D eigenvalue weighted by atomic mass is 15.2. The van der Waals surface area contributed by atoms with E-state index in [2.05, 4.69) is 22.4 Å². The van der Waals surface area contributed by atoms with Gasteiger partial charge in [0.15, 0.2) is 0 Å². The Balaban J connectivity index is 1.72. The zero-order valence-electron chi connectivity index (χ0n) is 9.89. The van der Waals surface area contributed by atoms with Crippen LogP contribution in [-0.2, 0) is 0 Å². The SMILES string of the molecule is N#Cc1cccc(NC2CCN3CCC2C3)c1. The van der Waals surface area contributed by atoms with E-state index >= 15 is 0 Å². The van der Waals surface area contributed by atoms with Crippen molar-refractivity contribution in [2.24, 2.45) is 5.92 Å². The molecule has 3 heteroatoms. The molecule has 0 aliphatic carbocycles. The smallest absolute Gasteiger partial charge is 0.0992 e. The first-order valence-electron chi connectivity index (χ1n) is 6.34. The monoisotopic (exact) mass is 227 g/mol. The molecule has 0 amide bonds. The van der Waals surface area contributed by atoms with Gasteiger partial charge in [0, 0.05) is 24.8 Å². The van der Waals surface area contributed by atoms with Gasteiger partial charge in [0.25, 0.3) is 0 Å². The van der Waals surface area contributed by atoms with E-state index in [9.17, 15) is 0 Å². The normalized spacial score (nSPS) is 30.9. The molecule has 1 aromatic rings. The summed E-state index contributed by atoms with van der Waals surface area (Å²) in [6, 6.07) is 10.6. The van der Waals surface area contributed by atoms with Gasteiger partial charge in [0.05, 0.1) is 11.6 Å². The molecule has 2 bridgehead atoms. The number of piperidine rings is 1. The standard InChI is InChI=1S/C14H17N3/c15-9-11-2-1-3-13(8-11)16-14-5-7-17-6-4-12(14)10-17/h1-3,8,12,14,16H,4-7,10H2. The summed E-state index contributed by atoms with van der Waals surface area (Å²) >= 11 is 0. The van der Waals surface area contributed by atoms with Crippen LogP contribution in [0.4, 0.5) is 5.69 Å². The first kappa shape index (κ1) is 10.6. The molecule has 17 heavy (non-hydrogen) atoms. The van der Waals surface area contributed by atoms with Crippen LogP contribution in [0.2, 0.25) is 0 Å². The molecule has 2 heterocycles. The van der Waals surface area contributed by atoms with Crippen molar-refractivity contribution in [3.05, 3.63) is 29.8 Å². The van der Waals surface area contributed by atoms with Gasteiger partial charge >= 0.3 is 0 Å². The van der Waals surface area contributed by atoms with Crippen molar-refractivity contribution in [2.75, 3.05) is 25.0 Å². The van der Waals surface area contributed by atoms with Crippen molar-refractivity contribution < 1.29 is 0 Å². The predicted molar refractivity (Wildman–Crippen MR) is 67.7 cm³/mol. The van der Waals surface area contributed by atoms with Crippen molar-refractivity contribution >= 4 is 5.69 Å². The molecule has 2 saturated heterocycles. The Bertz CT molecular complexity index is 449. The lowest BCUT2D eigenvalue weighted by atomic mass is 9.94. The van der Waals surface area contributed by atoms with Gasteiger partial charge in [-0.25, -0.2) is 0 Å². The summed E-state index contributed by atoms with van der Waals surface area (Å²) in [5, 5.41) is 12.5. The van der Waals surface area contributed by atoms with E-state index in [-0.39, 0.29) is 0 Å². The van der Waals surface area contributed by atoms with Gasteiger partial charge in [-0.05, 0) is 43.5 Å². The molecule has 3 atom stereocenters. The third kappa shape index (κ3) is 2.13. The van der Waals surface area contributed by atoms with E-state index in [1.807, 2.05) is 18.2 Å². The Hall–Kier alpha value is -1.53. The molecule has 1 aromatic carbocycles. The molecular formula is C14H17N3. The van der Waals surface area contributed by atoms with E-state index in [0.717, 1.165) is 17.2 Å². The Labute approximate surface area is 102 Å². The van der Waals surface area contributed by atoms with Gasteiger partial charge in [-0.3, -0.25) is 0 Å². The second kappa shape index (κ2) is 4.38. The number of anilines is 1. The molecule has 0 aromatic heterocycles. The maximum Gasteiger partial charge on any atom is 0.0992 e. The summed E-state index contributed by atoms with van der Waals surface area (Å²) in [5.74, 6) is 0.787. The lowest BCUT2D eigenvalue weighted by Crippen LogP contribution is -2.39. The highest BCUT2D eigenvalue weighted by Crippen LogP contribution is 2.29. The van der Waals surface area contributed by atoms with Crippen molar-refractivity contribution in [3.63, 3.8) is 0 Å². The first-order chi connectivity index (χ1) is 8.35. The maximum absolute atomic E-state index is 8.89. The molecule has 0 spiro atoms. The quantitative estimate of drug-likeness (QED) is 0.840. The van der Waals surface area contributed by atoms with Crippen molar-refractivity contribution in [2.45, 2.75) is 18.9 Å². The molecule has 2 aliphatic rings. The van der Waals surface area contributed by atoms with Gasteiger partial charge in [0.1, 0.15) is 0 Å². The lowest BCUT2D eigenvalue weighted by Gasteiger charge is -2.31. The van der Waals surface area contributed by atoms with Gasteiger partial charge < -0.3 is 10.2 Å². The Morgan fingerprint density at radius 3 is 3.06 bits per heavy atom. The first-order valence-corrected chi connectivity index (χ1v) is 6.34. The van der Waals surface area contributed by atoms with Crippen molar-refractivity contribution in [1.29, 1.82) is 5.26 Å². The molecule has 88 valence electrons. The number of nitrogens with zero attached hydrogens (tertiary/aromatic N) is 2. The molecule has 2 fully saturated rings. The van der Waals surface area contributed by atoms with E-state index in [4.69, 9.17) is 5.26 Å². The fourth-order valence-electron chi connectivity index (χ4n) is 3.03. The molecular weight excluding hydrogens is 210 g/mol. The Morgan fingerprint density at radius 2 is 2.18 bits per heavy atom. The molecule has 3 unspecified atom stereocenters. The fraction of sp³-hybridized carbons (Fsp3) is 0.500. The summed E-state index contributed by atoms with van der Waals surface area (Å²) in [4.78, 5) is 2.55. The minimum absolute atomic E-state index is 0.586. The number of nitrogens with one attached hydrogen (secondary N) is 1. The van der Waals surface area contributed by atoms with Gasteiger partial charge in [-0.2, -0.15) is 5.26 Å². The third-order valence-electron chi connectivity index (χ3n) is 3.98. The van der Waals surface area contributed by atoms with Gasteiger partial charge in [0.2, 0.25) is 0 Å². The van der Waals surface area contributed by atoms with Crippen LogP contribution in [0.15, 0.2) is 24.3 Å². The molecule has 3 rings (SSSR count). The summed E-state index contributed by atoms with van der Waals surface area (Å²) < 4.78 is 0. The van der Waals surface area contributed by atoms with E-state index in [0.29, 0.717) is 6.04 Å². The zero-order valence-corrected chi connectivity index (χ0v) is 9.89. The number of hydrogen-bond donors (Lipinski definition) is 1. The fourth-order valence-corrected chi connectivity index (χ4v) is 3.03. The largest absolute Gasteiger partial charge is 0.382 e. The molecule has 3 nitrogen and oxygen atoms in total. The number of benzene rings is 1. The van der Waals surface area contributed by atoms with Crippen LogP contribution in [0.1, 0.15) is 18.4 Å². The summed E-state index contributed by atoms with van der Waals surface area (Å²) in [5.41, 5.74) is 1.83. The minimum Gasteiger partial charge on any atom is -0.382 e. The third-order valence-corrected chi connectivity index (χ3v) is 3.98. The number of fused-ring (bicyclic) bond motifs is 2. The lowest BCUT2D eigenvalue weighted by molar-refractivity contribution is 0.255. The Morgan fingerprint density at radius 1 is 1.29 bits per heavy atom. The average Bonchev–Trinajstić information content (AvgIpc) is 2.76. The summed E-state index contributed by atoms with van der Waals surface area (Å²) in [6.45, 7) is 3.72. The van der Waals surface area contributed by atoms with E-state index in [1.54, 1.807) is 0 Å². The summed E-state index contributed by atoms with van der Waals surface area (Å²) in [6.07, 6.45) is 2.54. The minimum atomic E-state index is 0.586. The maximum atomic E-state index is 8.89. The topological polar surface area (TPSA) is 39.1 Å². The van der Waals surface area contributed by atoms with Crippen molar-refractivity contribution in [3.8, 4) is 6.07 Å². The molecule has 0 saturated carbocycles. The van der Waals surface area contributed by atoms with E-state index < -0.39 is 0 Å². The predicted octanol–water partition coefficient (Wildman–Crippen LogP) is 2.06. The highest BCUT2D eigenvalue weighted by molar-refractivity contribution is 5.50. The van der Waals surface area contributed by atoms with Crippen LogP contribution >= 0.6 is 0 Å².